The molecule has 0 radical (unpaired) electrons. The van der Waals surface area contributed by atoms with Crippen molar-refractivity contribution in [1.82, 2.24) is 4.90 Å². The maximum atomic E-state index is 6.01. The van der Waals surface area contributed by atoms with Crippen molar-refractivity contribution < 1.29 is 9.47 Å². The van der Waals surface area contributed by atoms with E-state index in [1.807, 2.05) is 0 Å². The predicted molar refractivity (Wildman–Crippen MR) is 70.2 cm³/mol. The Morgan fingerprint density at radius 2 is 2.12 bits per heavy atom. The van der Waals surface area contributed by atoms with Crippen LogP contribution in [0.5, 0.6) is 0 Å². The van der Waals surface area contributed by atoms with Crippen LogP contribution in [0.15, 0.2) is 0 Å². The lowest BCUT2D eigenvalue weighted by atomic mass is 9.88. The lowest BCUT2D eigenvalue weighted by molar-refractivity contribution is -0.0609. The van der Waals surface area contributed by atoms with Crippen molar-refractivity contribution in [3.63, 3.8) is 0 Å². The Kier molecular flexibility index (Phi) is 5.86. The van der Waals surface area contributed by atoms with Gasteiger partial charge in [-0.2, -0.15) is 0 Å². The van der Waals surface area contributed by atoms with Gasteiger partial charge < -0.3 is 15.2 Å². The van der Waals surface area contributed by atoms with Crippen molar-refractivity contribution >= 4 is 0 Å². The van der Waals surface area contributed by atoms with Crippen LogP contribution < -0.4 is 5.73 Å². The van der Waals surface area contributed by atoms with Gasteiger partial charge in [-0.15, -0.1) is 0 Å². The van der Waals surface area contributed by atoms with Crippen molar-refractivity contribution in [2.45, 2.75) is 50.8 Å². The standard InChI is InChI=1S/C13H28N2O2/c1-5-13(9-14,10-16-3)15-7-6-12(17-4)8-11(15)2/h11-12H,5-10,14H2,1-4H3. The van der Waals surface area contributed by atoms with Crippen molar-refractivity contribution in [3.8, 4) is 0 Å². The highest BCUT2D eigenvalue weighted by atomic mass is 16.5. The predicted octanol–water partition coefficient (Wildman–Crippen LogP) is 1.24. The second-order valence-corrected chi connectivity index (χ2v) is 5.14. The number of ether oxygens (including phenoxy) is 2. The number of likely N-dealkylation sites (tertiary alicyclic amines) is 1. The van der Waals surface area contributed by atoms with Gasteiger partial charge in [0.2, 0.25) is 0 Å². The van der Waals surface area contributed by atoms with Gasteiger partial charge in [-0.1, -0.05) is 6.92 Å². The first-order chi connectivity index (χ1) is 8.13. The average Bonchev–Trinajstić information content (AvgIpc) is 2.36. The highest BCUT2D eigenvalue weighted by molar-refractivity contribution is 4.96. The van der Waals surface area contributed by atoms with Crippen LogP contribution in [0.4, 0.5) is 0 Å². The molecular weight excluding hydrogens is 216 g/mol. The van der Waals surface area contributed by atoms with E-state index in [2.05, 4.69) is 18.7 Å². The molecule has 102 valence electrons. The Hall–Kier alpha value is -0.160. The molecule has 0 bridgehead atoms. The Bertz CT molecular complexity index is 219. The summed E-state index contributed by atoms with van der Waals surface area (Å²) < 4.78 is 10.9. The summed E-state index contributed by atoms with van der Waals surface area (Å²) in [5.74, 6) is 0. The molecule has 1 heterocycles. The highest BCUT2D eigenvalue weighted by Crippen LogP contribution is 2.29. The number of piperidine rings is 1. The Morgan fingerprint density at radius 3 is 2.53 bits per heavy atom. The van der Waals surface area contributed by atoms with Crippen LogP contribution in [0.25, 0.3) is 0 Å². The molecule has 0 saturated carbocycles. The van der Waals surface area contributed by atoms with Crippen molar-refractivity contribution in [2.75, 3.05) is 33.9 Å². The lowest BCUT2D eigenvalue weighted by Gasteiger charge is -2.49. The quantitative estimate of drug-likeness (QED) is 0.763. The second-order valence-electron chi connectivity index (χ2n) is 5.14. The molecule has 0 aromatic rings. The maximum absolute atomic E-state index is 6.01. The maximum Gasteiger partial charge on any atom is 0.0659 e. The molecule has 3 atom stereocenters. The zero-order valence-electron chi connectivity index (χ0n) is 11.7. The molecular formula is C13H28N2O2. The SMILES string of the molecule is CCC(CN)(COC)N1CCC(OC)CC1C. The normalized spacial score (nSPS) is 30.2. The summed E-state index contributed by atoms with van der Waals surface area (Å²) >= 11 is 0. The molecule has 0 aliphatic carbocycles. The van der Waals surface area contributed by atoms with Crippen molar-refractivity contribution in [3.05, 3.63) is 0 Å². The molecule has 0 aromatic carbocycles. The van der Waals surface area contributed by atoms with E-state index in [9.17, 15) is 0 Å². The van der Waals surface area contributed by atoms with Gasteiger partial charge in [-0.05, 0) is 26.2 Å². The van der Waals surface area contributed by atoms with E-state index in [1.54, 1.807) is 14.2 Å². The van der Waals surface area contributed by atoms with Crippen LogP contribution in [0.3, 0.4) is 0 Å². The third-order valence-corrected chi connectivity index (χ3v) is 4.22. The monoisotopic (exact) mass is 244 g/mol. The van der Waals surface area contributed by atoms with Gasteiger partial charge in [0.05, 0.1) is 18.2 Å². The summed E-state index contributed by atoms with van der Waals surface area (Å²) in [4.78, 5) is 2.52. The fourth-order valence-electron chi connectivity index (χ4n) is 3.03. The molecule has 17 heavy (non-hydrogen) atoms. The number of nitrogens with zero attached hydrogens (tertiary/aromatic N) is 1. The molecule has 3 unspecified atom stereocenters. The molecule has 1 aliphatic heterocycles. The van der Waals surface area contributed by atoms with Crippen LogP contribution in [-0.2, 0) is 9.47 Å². The van der Waals surface area contributed by atoms with Crippen molar-refractivity contribution in [2.24, 2.45) is 5.73 Å². The van der Waals surface area contributed by atoms with Gasteiger partial charge >= 0.3 is 0 Å². The Morgan fingerprint density at radius 1 is 1.41 bits per heavy atom. The van der Waals surface area contributed by atoms with E-state index in [4.69, 9.17) is 15.2 Å². The summed E-state index contributed by atoms with van der Waals surface area (Å²) in [6.07, 6.45) is 3.60. The first-order valence-electron chi connectivity index (χ1n) is 6.62. The fraction of sp³-hybridized carbons (Fsp3) is 1.00. The van der Waals surface area contributed by atoms with Gasteiger partial charge in [-0.25, -0.2) is 0 Å². The minimum absolute atomic E-state index is 0.00707. The van der Waals surface area contributed by atoms with Gasteiger partial charge in [-0.3, -0.25) is 4.90 Å². The average molecular weight is 244 g/mol. The topological polar surface area (TPSA) is 47.7 Å². The van der Waals surface area contributed by atoms with Gasteiger partial charge in [0.25, 0.3) is 0 Å². The van der Waals surface area contributed by atoms with Crippen LogP contribution in [0.2, 0.25) is 0 Å². The van der Waals surface area contributed by atoms with Gasteiger partial charge in [0.1, 0.15) is 0 Å². The number of hydrogen-bond donors (Lipinski definition) is 1. The van der Waals surface area contributed by atoms with Crippen LogP contribution in [0, 0.1) is 0 Å². The van der Waals surface area contributed by atoms with Crippen molar-refractivity contribution in [1.29, 1.82) is 0 Å². The molecule has 1 aliphatic rings. The van der Waals surface area contributed by atoms with Gasteiger partial charge in [0, 0.05) is 33.4 Å². The number of rotatable bonds is 6. The number of hydrogen-bond acceptors (Lipinski definition) is 4. The summed E-state index contributed by atoms with van der Waals surface area (Å²) in [5, 5.41) is 0. The molecule has 4 nitrogen and oxygen atoms in total. The Labute approximate surface area is 105 Å². The first-order valence-corrected chi connectivity index (χ1v) is 6.62. The Balaban J connectivity index is 2.74. The third-order valence-electron chi connectivity index (χ3n) is 4.22. The fourth-order valence-corrected chi connectivity index (χ4v) is 3.03. The summed E-state index contributed by atoms with van der Waals surface area (Å²) in [6.45, 7) is 6.87. The molecule has 1 rings (SSSR count). The second kappa shape index (κ2) is 6.69. The highest BCUT2D eigenvalue weighted by Gasteiger charge is 2.39. The minimum atomic E-state index is -0.00707. The first kappa shape index (κ1) is 14.9. The molecule has 0 aromatic heterocycles. The molecule has 1 fully saturated rings. The summed E-state index contributed by atoms with van der Waals surface area (Å²) in [5.41, 5.74) is 6.00. The van der Waals surface area contributed by atoms with Crippen LogP contribution in [0.1, 0.15) is 33.1 Å². The number of nitrogens with two attached hydrogens (primary N) is 1. The van der Waals surface area contributed by atoms with E-state index < -0.39 is 0 Å². The third kappa shape index (κ3) is 3.19. The van der Waals surface area contributed by atoms with Crippen LogP contribution >= 0.6 is 0 Å². The van der Waals surface area contributed by atoms with E-state index in [1.165, 1.54) is 0 Å². The van der Waals surface area contributed by atoms with Gasteiger partial charge in [0.15, 0.2) is 0 Å². The summed E-state index contributed by atoms with van der Waals surface area (Å²) in [6, 6.07) is 0.507. The van der Waals surface area contributed by atoms with E-state index >= 15 is 0 Å². The smallest absolute Gasteiger partial charge is 0.0659 e. The van der Waals surface area contributed by atoms with Crippen LogP contribution in [-0.4, -0.2) is 56.5 Å². The minimum Gasteiger partial charge on any atom is -0.383 e. The van der Waals surface area contributed by atoms with E-state index in [0.29, 0.717) is 25.3 Å². The lowest BCUT2D eigenvalue weighted by Crippen LogP contribution is -2.62. The molecule has 0 spiro atoms. The largest absolute Gasteiger partial charge is 0.383 e. The molecule has 4 heteroatoms. The molecule has 2 N–H and O–H groups in total. The zero-order chi connectivity index (χ0) is 12.9. The molecule has 0 amide bonds. The van der Waals surface area contributed by atoms with E-state index in [0.717, 1.165) is 25.8 Å². The zero-order valence-corrected chi connectivity index (χ0v) is 11.7. The number of methoxy groups -OCH3 is 2. The summed E-state index contributed by atoms with van der Waals surface area (Å²) in [7, 11) is 3.56. The molecule has 1 saturated heterocycles. The van der Waals surface area contributed by atoms with E-state index in [-0.39, 0.29) is 5.54 Å².